The monoisotopic (exact) mass is 369 g/mol. The number of imide groups is 2. The molecular formula is C18H15N3O6. The van der Waals surface area contributed by atoms with E-state index in [1.54, 1.807) is 12.1 Å². The lowest BCUT2D eigenvalue weighted by Crippen LogP contribution is -2.55. The number of hydrogen-bond donors (Lipinski definition) is 2. The Morgan fingerprint density at radius 1 is 1.07 bits per heavy atom. The number of nitrogens with zero attached hydrogens (tertiary/aromatic N) is 1. The van der Waals surface area contributed by atoms with Crippen LogP contribution in [0.2, 0.25) is 0 Å². The summed E-state index contributed by atoms with van der Waals surface area (Å²) in [5.41, 5.74) is -0.740. The molecule has 9 heteroatoms. The molecule has 2 aliphatic heterocycles. The fourth-order valence-corrected chi connectivity index (χ4v) is 5.04. The third kappa shape index (κ3) is 2.02. The summed E-state index contributed by atoms with van der Waals surface area (Å²) < 4.78 is 0. The van der Waals surface area contributed by atoms with Crippen LogP contribution in [-0.2, 0) is 14.4 Å². The van der Waals surface area contributed by atoms with Gasteiger partial charge in [0.1, 0.15) is 5.54 Å². The van der Waals surface area contributed by atoms with Crippen LogP contribution >= 0.6 is 0 Å². The molecule has 1 saturated heterocycles. The smallest absolute Gasteiger partial charge is 0.329 e. The summed E-state index contributed by atoms with van der Waals surface area (Å²) in [7, 11) is 0. The second-order valence-corrected chi connectivity index (χ2v) is 7.49. The average molecular weight is 369 g/mol. The van der Waals surface area contributed by atoms with Crippen LogP contribution in [0.1, 0.15) is 40.0 Å². The Labute approximate surface area is 153 Å². The Bertz CT molecular complexity index is 908. The zero-order valence-electron chi connectivity index (χ0n) is 14.1. The summed E-state index contributed by atoms with van der Waals surface area (Å²) in [5, 5.41) is 5.38. The van der Waals surface area contributed by atoms with Crippen molar-refractivity contribution >= 4 is 29.7 Å². The minimum absolute atomic E-state index is 0.0962. The highest BCUT2D eigenvalue weighted by Gasteiger charge is 2.65. The Hall–Kier alpha value is -3.23. The number of hydrogen-bond acceptors (Lipinski definition) is 6. The number of hydroxylamine groups is 2. The number of fused-ring (bicyclic) bond motifs is 4. The molecule has 0 radical (unpaired) electrons. The van der Waals surface area contributed by atoms with Gasteiger partial charge >= 0.3 is 12.0 Å². The molecule has 2 saturated carbocycles. The molecule has 2 heterocycles. The molecule has 4 aliphatic rings. The predicted octanol–water partition coefficient (Wildman–Crippen LogP) is 0.365. The Morgan fingerprint density at radius 3 is 2.30 bits per heavy atom. The van der Waals surface area contributed by atoms with Gasteiger partial charge in [0, 0.05) is 5.92 Å². The van der Waals surface area contributed by atoms with E-state index in [2.05, 4.69) is 10.6 Å². The largest absolute Gasteiger partial charge is 0.336 e. The quantitative estimate of drug-likeness (QED) is 0.574. The summed E-state index contributed by atoms with van der Waals surface area (Å²) in [5.74, 6) is -3.53. The number of rotatable bonds is 2. The Morgan fingerprint density at radius 2 is 1.74 bits per heavy atom. The van der Waals surface area contributed by atoms with Gasteiger partial charge in [0.05, 0.1) is 17.0 Å². The van der Waals surface area contributed by atoms with Crippen LogP contribution in [0.4, 0.5) is 4.79 Å². The molecule has 1 unspecified atom stereocenters. The lowest BCUT2D eigenvalue weighted by atomic mass is 9.74. The predicted molar refractivity (Wildman–Crippen MR) is 86.8 cm³/mol. The molecule has 2 N–H and O–H groups in total. The molecule has 1 aromatic rings. The molecule has 1 spiro atoms. The minimum atomic E-state index is -1.11. The first kappa shape index (κ1) is 16.0. The highest BCUT2D eigenvalue weighted by molar-refractivity contribution is 6.21. The molecule has 5 rings (SSSR count). The van der Waals surface area contributed by atoms with E-state index in [9.17, 15) is 24.0 Å². The van der Waals surface area contributed by atoms with Gasteiger partial charge in [0.2, 0.25) is 0 Å². The summed E-state index contributed by atoms with van der Waals surface area (Å²) in [6, 6.07) is 5.66. The van der Waals surface area contributed by atoms with Gasteiger partial charge in [-0.25, -0.2) is 9.59 Å². The molecule has 138 valence electrons. The third-order valence-electron chi connectivity index (χ3n) is 6.11. The molecule has 2 bridgehead atoms. The van der Waals surface area contributed by atoms with Crippen LogP contribution in [0.25, 0.3) is 0 Å². The fourth-order valence-electron chi connectivity index (χ4n) is 5.04. The highest BCUT2D eigenvalue weighted by Crippen LogP contribution is 2.55. The van der Waals surface area contributed by atoms with E-state index in [-0.39, 0.29) is 17.0 Å². The van der Waals surface area contributed by atoms with Gasteiger partial charge < -0.3 is 10.2 Å². The maximum absolute atomic E-state index is 12.7. The molecule has 0 aromatic heterocycles. The van der Waals surface area contributed by atoms with Crippen molar-refractivity contribution in [1.82, 2.24) is 15.7 Å². The maximum atomic E-state index is 12.7. The van der Waals surface area contributed by atoms with Crippen LogP contribution < -0.4 is 10.6 Å². The molecule has 3 fully saturated rings. The van der Waals surface area contributed by atoms with Crippen LogP contribution in [0.15, 0.2) is 24.3 Å². The molecule has 9 nitrogen and oxygen atoms in total. The summed E-state index contributed by atoms with van der Waals surface area (Å²) in [6.45, 7) is 0. The Kier molecular flexibility index (Phi) is 3.05. The first-order valence-corrected chi connectivity index (χ1v) is 8.74. The summed E-state index contributed by atoms with van der Waals surface area (Å²) >= 11 is 0. The van der Waals surface area contributed by atoms with E-state index >= 15 is 0 Å². The summed E-state index contributed by atoms with van der Waals surface area (Å²) in [4.78, 5) is 66.6. The van der Waals surface area contributed by atoms with Gasteiger partial charge in [0.15, 0.2) is 0 Å². The van der Waals surface area contributed by atoms with Gasteiger partial charge in [-0.2, -0.15) is 0 Å². The SMILES string of the molecule is O=C1NC(=O)C2(C[C@@H]3C[C@@H]2[C@H](C(=O)ON2C(=O)c4ccccc4C2=O)C3)N1. The van der Waals surface area contributed by atoms with Crippen LogP contribution in [0.3, 0.4) is 0 Å². The molecular weight excluding hydrogens is 354 g/mol. The van der Waals surface area contributed by atoms with Gasteiger partial charge in [-0.1, -0.05) is 17.2 Å². The Balaban J connectivity index is 1.37. The van der Waals surface area contributed by atoms with Gasteiger partial charge in [-0.3, -0.25) is 19.7 Å². The molecule has 4 atom stereocenters. The van der Waals surface area contributed by atoms with Crippen molar-refractivity contribution < 1.29 is 28.8 Å². The van der Waals surface area contributed by atoms with E-state index < -0.39 is 47.1 Å². The van der Waals surface area contributed by atoms with Crippen molar-refractivity contribution in [2.24, 2.45) is 17.8 Å². The molecule has 2 aliphatic carbocycles. The second kappa shape index (κ2) is 5.15. The normalized spacial score (nSPS) is 33.5. The van der Waals surface area contributed by atoms with Crippen molar-refractivity contribution in [1.29, 1.82) is 0 Å². The molecule has 1 aromatic carbocycles. The maximum Gasteiger partial charge on any atom is 0.336 e. The van der Waals surface area contributed by atoms with Crippen molar-refractivity contribution in [2.75, 3.05) is 0 Å². The van der Waals surface area contributed by atoms with E-state index in [4.69, 9.17) is 4.84 Å². The number of carbonyl (C=O) groups is 5. The van der Waals surface area contributed by atoms with Crippen LogP contribution in [0.5, 0.6) is 0 Å². The van der Waals surface area contributed by atoms with Crippen molar-refractivity contribution in [3.8, 4) is 0 Å². The van der Waals surface area contributed by atoms with E-state index in [0.29, 0.717) is 24.3 Å². The number of nitrogens with one attached hydrogen (secondary N) is 2. The topological polar surface area (TPSA) is 122 Å². The number of benzene rings is 1. The van der Waals surface area contributed by atoms with E-state index in [1.807, 2.05) is 0 Å². The minimum Gasteiger partial charge on any atom is -0.329 e. The highest BCUT2D eigenvalue weighted by atomic mass is 16.7. The zero-order valence-corrected chi connectivity index (χ0v) is 14.1. The molecule has 5 amide bonds. The zero-order chi connectivity index (χ0) is 18.9. The van der Waals surface area contributed by atoms with Crippen LogP contribution in [0, 0.1) is 17.8 Å². The van der Waals surface area contributed by atoms with Gasteiger partial charge in [0.25, 0.3) is 17.7 Å². The van der Waals surface area contributed by atoms with Crippen LogP contribution in [-0.4, -0.2) is 40.3 Å². The second-order valence-electron chi connectivity index (χ2n) is 7.49. The third-order valence-corrected chi connectivity index (χ3v) is 6.11. The molecule has 27 heavy (non-hydrogen) atoms. The lowest BCUT2D eigenvalue weighted by molar-refractivity contribution is -0.176. The fraction of sp³-hybridized carbons (Fsp3) is 0.389. The van der Waals surface area contributed by atoms with E-state index in [1.165, 1.54) is 12.1 Å². The number of carbonyl (C=O) groups excluding carboxylic acids is 5. The van der Waals surface area contributed by atoms with Gasteiger partial charge in [-0.15, -0.1) is 0 Å². The van der Waals surface area contributed by atoms with Crippen molar-refractivity contribution in [3.05, 3.63) is 35.4 Å². The number of amides is 5. The number of urea groups is 1. The first-order valence-electron chi connectivity index (χ1n) is 8.74. The first-order chi connectivity index (χ1) is 12.9. The standard InChI is InChI=1S/C18H15N3O6/c22-13-9-3-1-2-4-10(9)14(23)21(13)27-15(24)11-5-8-6-12(11)18(7-8)16(25)19-17(26)20-18/h1-4,8,11-12H,5-7H2,(H2,19,20,25,26)/t8-,11+,12+,18?/m0/s1. The average Bonchev–Trinajstić information content (AvgIpc) is 3.35. The van der Waals surface area contributed by atoms with Crippen molar-refractivity contribution in [3.63, 3.8) is 0 Å². The van der Waals surface area contributed by atoms with Gasteiger partial charge in [-0.05, 0) is 37.3 Å². The summed E-state index contributed by atoms with van der Waals surface area (Å²) in [6.07, 6.45) is 1.58. The lowest BCUT2D eigenvalue weighted by Gasteiger charge is -2.34. The van der Waals surface area contributed by atoms with E-state index in [0.717, 1.165) is 0 Å². The van der Waals surface area contributed by atoms with Crippen molar-refractivity contribution in [2.45, 2.75) is 24.8 Å².